The van der Waals surface area contributed by atoms with E-state index in [0.29, 0.717) is 0 Å². The molecule has 1 rings (SSSR count). The number of rotatable bonds is 5. The van der Waals surface area contributed by atoms with Crippen LogP contribution >= 0.6 is 0 Å². The zero-order chi connectivity index (χ0) is 9.52. The van der Waals surface area contributed by atoms with Crippen LogP contribution in [0.5, 0.6) is 0 Å². The highest BCUT2D eigenvalue weighted by Crippen LogP contribution is 2.07. The van der Waals surface area contributed by atoms with Gasteiger partial charge in [0.2, 0.25) is 0 Å². The molecule has 1 aromatic rings. The summed E-state index contributed by atoms with van der Waals surface area (Å²) in [6.45, 7) is 4.27. The largest absolute Gasteiger partial charge is 0.261 e. The summed E-state index contributed by atoms with van der Waals surface area (Å²) in [5.74, 6) is 0. The first-order chi connectivity index (χ1) is 6.33. The zero-order valence-electron chi connectivity index (χ0n) is 8.71. The maximum Gasteiger partial charge on any atom is 0.0372 e. The number of pyridine rings is 1. The third-order valence-electron chi connectivity index (χ3n) is 2.29. The quantitative estimate of drug-likeness (QED) is 0.627. The molecule has 0 N–H and O–H groups in total. The Balaban J connectivity index is 2.25. The van der Waals surface area contributed by atoms with E-state index < -0.39 is 0 Å². The molecular weight excluding hydrogens is 158 g/mol. The molecule has 0 fully saturated rings. The van der Waals surface area contributed by atoms with E-state index in [1.807, 2.05) is 13.1 Å². The molecule has 1 heteroatoms. The van der Waals surface area contributed by atoms with Crippen LogP contribution in [0.2, 0.25) is 0 Å². The molecule has 13 heavy (non-hydrogen) atoms. The molecule has 0 aliphatic carbocycles. The second-order valence-electron chi connectivity index (χ2n) is 3.62. The van der Waals surface area contributed by atoms with Gasteiger partial charge in [-0.1, -0.05) is 32.3 Å². The lowest BCUT2D eigenvalue weighted by Gasteiger charge is -2.00. The molecule has 0 atom stereocenters. The summed E-state index contributed by atoms with van der Waals surface area (Å²) in [5.41, 5.74) is 2.49. The number of nitrogens with zero attached hydrogens (tertiary/aromatic N) is 1. The lowest BCUT2D eigenvalue weighted by atomic mass is 10.1. The van der Waals surface area contributed by atoms with Crippen molar-refractivity contribution < 1.29 is 0 Å². The van der Waals surface area contributed by atoms with E-state index in [0.717, 1.165) is 5.69 Å². The van der Waals surface area contributed by atoms with Crippen molar-refractivity contribution in [2.45, 2.75) is 46.0 Å². The summed E-state index contributed by atoms with van der Waals surface area (Å²) in [7, 11) is 0. The lowest BCUT2D eigenvalue weighted by Crippen LogP contribution is -1.88. The summed E-state index contributed by atoms with van der Waals surface area (Å²) in [4.78, 5) is 4.28. The fourth-order valence-corrected chi connectivity index (χ4v) is 1.40. The predicted molar refractivity (Wildman–Crippen MR) is 56.8 cm³/mol. The van der Waals surface area contributed by atoms with E-state index in [2.05, 4.69) is 24.0 Å². The minimum atomic E-state index is 1.11. The van der Waals surface area contributed by atoms with Gasteiger partial charge < -0.3 is 0 Å². The van der Waals surface area contributed by atoms with Crippen LogP contribution in [0.4, 0.5) is 0 Å². The molecule has 0 aliphatic rings. The van der Waals surface area contributed by atoms with E-state index in [4.69, 9.17) is 0 Å². The summed E-state index contributed by atoms with van der Waals surface area (Å²) in [6.07, 6.45) is 8.52. The fourth-order valence-electron chi connectivity index (χ4n) is 1.40. The lowest BCUT2D eigenvalue weighted by molar-refractivity contribution is 0.666. The molecule has 0 radical (unpaired) electrons. The topological polar surface area (TPSA) is 12.9 Å². The van der Waals surface area contributed by atoms with Crippen molar-refractivity contribution in [3.8, 4) is 0 Å². The van der Waals surface area contributed by atoms with Crippen molar-refractivity contribution in [3.05, 3.63) is 29.6 Å². The minimum Gasteiger partial charge on any atom is -0.261 e. The Morgan fingerprint density at radius 2 is 2.00 bits per heavy atom. The Morgan fingerprint density at radius 3 is 2.62 bits per heavy atom. The second kappa shape index (κ2) is 5.74. The molecule has 0 saturated heterocycles. The monoisotopic (exact) mass is 177 g/mol. The third kappa shape index (κ3) is 4.07. The predicted octanol–water partition coefficient (Wildman–Crippen LogP) is 3.51. The van der Waals surface area contributed by atoms with Gasteiger partial charge in [0.05, 0.1) is 0 Å². The van der Waals surface area contributed by atoms with Gasteiger partial charge in [-0.05, 0) is 31.4 Å². The first kappa shape index (κ1) is 10.2. The molecule has 0 aliphatic heterocycles. The maximum atomic E-state index is 4.28. The van der Waals surface area contributed by atoms with Gasteiger partial charge in [-0.3, -0.25) is 4.98 Å². The molecule has 0 bridgehead atoms. The van der Waals surface area contributed by atoms with E-state index >= 15 is 0 Å². The SMILES string of the molecule is CCCCCCc1ccc(C)nc1. The smallest absolute Gasteiger partial charge is 0.0372 e. The number of hydrogen-bond acceptors (Lipinski definition) is 1. The molecule has 0 amide bonds. The van der Waals surface area contributed by atoms with Crippen LogP contribution in [0.1, 0.15) is 43.9 Å². The molecule has 0 unspecified atom stereocenters. The molecule has 0 spiro atoms. The third-order valence-corrected chi connectivity index (χ3v) is 2.29. The van der Waals surface area contributed by atoms with Crippen molar-refractivity contribution in [3.63, 3.8) is 0 Å². The minimum absolute atomic E-state index is 1.11. The van der Waals surface area contributed by atoms with Crippen LogP contribution in [0.25, 0.3) is 0 Å². The van der Waals surface area contributed by atoms with Crippen molar-refractivity contribution in [2.75, 3.05) is 0 Å². The molecule has 1 aromatic heterocycles. The van der Waals surface area contributed by atoms with E-state index in [9.17, 15) is 0 Å². The van der Waals surface area contributed by atoms with Gasteiger partial charge in [0, 0.05) is 11.9 Å². The number of unbranched alkanes of at least 4 members (excludes halogenated alkanes) is 3. The average molecular weight is 177 g/mol. The Hall–Kier alpha value is -0.850. The Bertz CT molecular complexity index is 225. The van der Waals surface area contributed by atoms with E-state index in [1.54, 1.807) is 0 Å². The number of aryl methyl sites for hydroxylation is 2. The summed E-state index contributed by atoms with van der Waals surface area (Å²) >= 11 is 0. The standard InChI is InChI=1S/C12H19N/c1-3-4-5-6-7-12-9-8-11(2)13-10-12/h8-10H,3-7H2,1-2H3. The summed E-state index contributed by atoms with van der Waals surface area (Å²) < 4.78 is 0. The van der Waals surface area contributed by atoms with Crippen LogP contribution < -0.4 is 0 Å². The van der Waals surface area contributed by atoms with Gasteiger partial charge in [0.25, 0.3) is 0 Å². The Morgan fingerprint density at radius 1 is 1.15 bits per heavy atom. The molecule has 1 heterocycles. The van der Waals surface area contributed by atoms with E-state index in [-0.39, 0.29) is 0 Å². The van der Waals surface area contributed by atoms with Crippen molar-refractivity contribution in [1.29, 1.82) is 0 Å². The maximum absolute atomic E-state index is 4.28. The Kier molecular flexibility index (Phi) is 4.52. The number of aromatic nitrogens is 1. The Labute approximate surface area is 81.2 Å². The average Bonchev–Trinajstić information content (AvgIpc) is 2.15. The van der Waals surface area contributed by atoms with Crippen molar-refractivity contribution >= 4 is 0 Å². The molecule has 0 saturated carbocycles. The highest BCUT2D eigenvalue weighted by molar-refractivity contribution is 5.12. The van der Waals surface area contributed by atoms with Crippen LogP contribution in [-0.2, 0) is 6.42 Å². The van der Waals surface area contributed by atoms with Gasteiger partial charge in [-0.2, -0.15) is 0 Å². The highest BCUT2D eigenvalue weighted by Gasteiger charge is 1.93. The molecule has 0 aromatic carbocycles. The normalized spacial score (nSPS) is 10.3. The first-order valence-corrected chi connectivity index (χ1v) is 5.24. The van der Waals surface area contributed by atoms with Gasteiger partial charge in [-0.25, -0.2) is 0 Å². The zero-order valence-corrected chi connectivity index (χ0v) is 8.71. The van der Waals surface area contributed by atoms with Gasteiger partial charge in [-0.15, -0.1) is 0 Å². The summed E-state index contributed by atoms with van der Waals surface area (Å²) in [6, 6.07) is 4.28. The molecule has 72 valence electrons. The molecule has 1 nitrogen and oxygen atoms in total. The van der Waals surface area contributed by atoms with Crippen LogP contribution in [0.15, 0.2) is 18.3 Å². The van der Waals surface area contributed by atoms with Crippen LogP contribution in [0.3, 0.4) is 0 Å². The molecular formula is C12H19N. The fraction of sp³-hybridized carbons (Fsp3) is 0.583. The van der Waals surface area contributed by atoms with Gasteiger partial charge in [0.1, 0.15) is 0 Å². The number of hydrogen-bond donors (Lipinski definition) is 0. The first-order valence-electron chi connectivity index (χ1n) is 5.24. The van der Waals surface area contributed by atoms with E-state index in [1.165, 1.54) is 37.7 Å². The van der Waals surface area contributed by atoms with Crippen LogP contribution in [0, 0.1) is 6.92 Å². The second-order valence-corrected chi connectivity index (χ2v) is 3.62. The summed E-state index contributed by atoms with van der Waals surface area (Å²) in [5, 5.41) is 0. The van der Waals surface area contributed by atoms with Crippen molar-refractivity contribution in [1.82, 2.24) is 4.98 Å². The van der Waals surface area contributed by atoms with Gasteiger partial charge >= 0.3 is 0 Å². The van der Waals surface area contributed by atoms with Gasteiger partial charge in [0.15, 0.2) is 0 Å². The van der Waals surface area contributed by atoms with Crippen molar-refractivity contribution in [2.24, 2.45) is 0 Å². The highest BCUT2D eigenvalue weighted by atomic mass is 14.6. The van der Waals surface area contributed by atoms with Crippen LogP contribution in [-0.4, -0.2) is 4.98 Å².